The molecule has 0 aliphatic heterocycles. The van der Waals surface area contributed by atoms with E-state index in [2.05, 4.69) is 32.4 Å². The zero-order chi connectivity index (χ0) is 18.7. The normalized spacial score (nSPS) is 11.1. The van der Waals surface area contributed by atoms with Crippen LogP contribution in [0.4, 0.5) is 5.13 Å². The van der Waals surface area contributed by atoms with Gasteiger partial charge in [-0.05, 0) is 25.5 Å². The third kappa shape index (κ3) is 4.13. The van der Waals surface area contributed by atoms with Gasteiger partial charge >= 0.3 is 0 Å². The Morgan fingerprint density at radius 2 is 2.08 bits per heavy atom. The van der Waals surface area contributed by atoms with Gasteiger partial charge in [-0.25, -0.2) is 4.98 Å². The summed E-state index contributed by atoms with van der Waals surface area (Å²) < 4.78 is 0. The molecule has 0 aliphatic carbocycles. The summed E-state index contributed by atoms with van der Waals surface area (Å²) in [7, 11) is 0. The van der Waals surface area contributed by atoms with Crippen LogP contribution in [0.25, 0.3) is 10.6 Å². The fraction of sp³-hybridized carbons (Fsp3) is 0.389. The Labute approximate surface area is 160 Å². The summed E-state index contributed by atoms with van der Waals surface area (Å²) in [5.74, 6) is 0.0967. The second kappa shape index (κ2) is 8.01. The highest BCUT2D eigenvalue weighted by Gasteiger charge is 2.18. The molecule has 0 aliphatic rings. The Morgan fingerprint density at radius 3 is 2.77 bits per heavy atom. The molecule has 0 radical (unpaired) electrons. The van der Waals surface area contributed by atoms with Crippen molar-refractivity contribution < 1.29 is 4.79 Å². The van der Waals surface area contributed by atoms with Gasteiger partial charge in [0.05, 0.1) is 5.69 Å². The average molecular weight is 388 g/mol. The van der Waals surface area contributed by atoms with E-state index < -0.39 is 0 Å². The monoisotopic (exact) mass is 387 g/mol. The second-order valence-corrected chi connectivity index (χ2v) is 8.28. The summed E-state index contributed by atoms with van der Waals surface area (Å²) in [6.45, 7) is 8.08. The van der Waals surface area contributed by atoms with Crippen molar-refractivity contribution in [2.45, 2.75) is 46.5 Å². The van der Waals surface area contributed by atoms with Crippen molar-refractivity contribution in [3.8, 4) is 10.6 Å². The number of hydrogen-bond donors (Lipinski definition) is 1. The summed E-state index contributed by atoms with van der Waals surface area (Å²) >= 11 is 2.79. The molecule has 0 spiro atoms. The van der Waals surface area contributed by atoms with E-state index in [1.165, 1.54) is 22.7 Å². The standard InChI is InChI=1S/C18H21N5OS2/c1-5-6-13-9-12(7-8-19-13)17-20-11(4)14(25-17)15(24)21-18-23-22-16(26-18)10(2)3/h7-10H,5-6H2,1-4H3,(H,21,23,24). The maximum atomic E-state index is 12.6. The smallest absolute Gasteiger partial charge is 0.269 e. The van der Waals surface area contributed by atoms with Crippen LogP contribution in [-0.4, -0.2) is 26.1 Å². The summed E-state index contributed by atoms with van der Waals surface area (Å²) in [5.41, 5.74) is 2.75. The van der Waals surface area contributed by atoms with Crippen molar-refractivity contribution in [1.82, 2.24) is 20.2 Å². The largest absolute Gasteiger partial charge is 0.296 e. The van der Waals surface area contributed by atoms with E-state index >= 15 is 0 Å². The van der Waals surface area contributed by atoms with Crippen molar-refractivity contribution in [2.24, 2.45) is 0 Å². The molecule has 1 N–H and O–H groups in total. The molecule has 26 heavy (non-hydrogen) atoms. The fourth-order valence-corrected chi connectivity index (χ4v) is 4.11. The first-order chi connectivity index (χ1) is 12.5. The van der Waals surface area contributed by atoms with Gasteiger partial charge in [0.1, 0.15) is 14.9 Å². The minimum Gasteiger partial charge on any atom is -0.296 e. The number of pyridine rings is 1. The number of carbonyl (C=O) groups is 1. The molecule has 0 saturated carbocycles. The predicted octanol–water partition coefficient (Wildman–Crippen LogP) is 4.69. The lowest BCUT2D eigenvalue weighted by Gasteiger charge is -2.00. The third-order valence-corrected chi connectivity index (χ3v) is 6.07. The molecule has 136 valence electrons. The van der Waals surface area contributed by atoms with Gasteiger partial charge in [-0.3, -0.25) is 15.1 Å². The summed E-state index contributed by atoms with van der Waals surface area (Å²) in [4.78, 5) is 22.2. The van der Waals surface area contributed by atoms with Crippen LogP contribution in [0.5, 0.6) is 0 Å². The molecule has 0 atom stereocenters. The predicted molar refractivity (Wildman–Crippen MR) is 106 cm³/mol. The SMILES string of the molecule is CCCc1cc(-c2nc(C)c(C(=O)Nc3nnc(C(C)C)s3)s2)ccn1. The van der Waals surface area contributed by atoms with E-state index in [0.29, 0.717) is 21.6 Å². The lowest BCUT2D eigenvalue weighted by Crippen LogP contribution is -2.11. The van der Waals surface area contributed by atoms with Crippen molar-refractivity contribution in [1.29, 1.82) is 0 Å². The van der Waals surface area contributed by atoms with Crippen LogP contribution >= 0.6 is 22.7 Å². The first-order valence-corrected chi connectivity index (χ1v) is 10.2. The minimum absolute atomic E-state index is 0.194. The first kappa shape index (κ1) is 18.6. The molecule has 3 aromatic rings. The maximum absolute atomic E-state index is 12.6. The Kier molecular flexibility index (Phi) is 5.73. The van der Waals surface area contributed by atoms with E-state index in [4.69, 9.17) is 0 Å². The van der Waals surface area contributed by atoms with Gasteiger partial charge < -0.3 is 0 Å². The van der Waals surface area contributed by atoms with Crippen LogP contribution in [0.2, 0.25) is 0 Å². The fourth-order valence-electron chi connectivity index (χ4n) is 2.41. The van der Waals surface area contributed by atoms with E-state index in [9.17, 15) is 4.79 Å². The van der Waals surface area contributed by atoms with Gasteiger partial charge in [-0.1, -0.05) is 38.5 Å². The van der Waals surface area contributed by atoms with Crippen LogP contribution in [0, 0.1) is 6.92 Å². The Morgan fingerprint density at radius 1 is 1.27 bits per heavy atom. The third-order valence-electron chi connectivity index (χ3n) is 3.73. The van der Waals surface area contributed by atoms with Crippen LogP contribution in [0.15, 0.2) is 18.3 Å². The number of anilines is 1. The van der Waals surface area contributed by atoms with Crippen LogP contribution < -0.4 is 5.32 Å². The average Bonchev–Trinajstić information content (AvgIpc) is 3.22. The molecule has 0 aromatic carbocycles. The van der Waals surface area contributed by atoms with Crippen LogP contribution in [0.1, 0.15) is 59.2 Å². The van der Waals surface area contributed by atoms with Crippen molar-refractivity contribution >= 4 is 33.7 Å². The molecule has 3 heterocycles. The molecule has 0 saturated heterocycles. The molecule has 6 nitrogen and oxygen atoms in total. The Hall–Kier alpha value is -2.19. The molecule has 1 amide bonds. The Balaban J connectivity index is 1.80. The number of nitrogens with one attached hydrogen (secondary N) is 1. The Bertz CT molecular complexity index is 916. The number of amides is 1. The first-order valence-electron chi connectivity index (χ1n) is 8.55. The lowest BCUT2D eigenvalue weighted by molar-refractivity contribution is 0.102. The van der Waals surface area contributed by atoms with Gasteiger partial charge in [0, 0.05) is 23.4 Å². The summed E-state index contributed by atoms with van der Waals surface area (Å²) in [6, 6.07) is 3.97. The van der Waals surface area contributed by atoms with Crippen LogP contribution in [0.3, 0.4) is 0 Å². The van der Waals surface area contributed by atoms with E-state index in [-0.39, 0.29) is 5.91 Å². The topological polar surface area (TPSA) is 80.7 Å². The number of nitrogens with zero attached hydrogens (tertiary/aromatic N) is 4. The summed E-state index contributed by atoms with van der Waals surface area (Å²) in [5, 5.41) is 13.2. The van der Waals surface area contributed by atoms with Gasteiger partial charge in [0.2, 0.25) is 5.13 Å². The van der Waals surface area contributed by atoms with Gasteiger partial charge in [0.25, 0.3) is 5.91 Å². The lowest BCUT2D eigenvalue weighted by atomic mass is 10.2. The molecule has 0 bridgehead atoms. The number of aryl methyl sites for hydroxylation is 2. The molecule has 0 fully saturated rings. The number of aromatic nitrogens is 4. The number of carbonyl (C=O) groups excluding carboxylic acids is 1. The molecular weight excluding hydrogens is 366 g/mol. The maximum Gasteiger partial charge on any atom is 0.269 e. The van der Waals surface area contributed by atoms with Crippen molar-refractivity contribution in [3.05, 3.63) is 39.6 Å². The minimum atomic E-state index is -0.194. The molecule has 8 heteroatoms. The van der Waals surface area contributed by atoms with E-state index in [0.717, 1.165) is 34.1 Å². The van der Waals surface area contributed by atoms with Crippen molar-refractivity contribution in [3.63, 3.8) is 0 Å². The van der Waals surface area contributed by atoms with E-state index in [1.807, 2.05) is 32.9 Å². The summed E-state index contributed by atoms with van der Waals surface area (Å²) in [6.07, 6.45) is 3.77. The zero-order valence-corrected chi connectivity index (χ0v) is 16.9. The number of hydrogen-bond acceptors (Lipinski definition) is 7. The highest BCUT2D eigenvalue weighted by molar-refractivity contribution is 7.17. The van der Waals surface area contributed by atoms with Gasteiger partial charge in [-0.2, -0.15) is 0 Å². The molecular formula is C18H21N5OS2. The van der Waals surface area contributed by atoms with Gasteiger partial charge in [-0.15, -0.1) is 21.5 Å². The van der Waals surface area contributed by atoms with E-state index in [1.54, 1.807) is 6.20 Å². The number of rotatable bonds is 6. The van der Waals surface area contributed by atoms with Crippen LogP contribution in [-0.2, 0) is 6.42 Å². The zero-order valence-electron chi connectivity index (χ0n) is 15.2. The highest BCUT2D eigenvalue weighted by Crippen LogP contribution is 2.29. The molecule has 3 aromatic heterocycles. The highest BCUT2D eigenvalue weighted by atomic mass is 32.1. The number of thiazole rings is 1. The van der Waals surface area contributed by atoms with Gasteiger partial charge in [0.15, 0.2) is 0 Å². The quantitative estimate of drug-likeness (QED) is 0.663. The second-order valence-electron chi connectivity index (χ2n) is 6.27. The molecule has 3 rings (SSSR count). The van der Waals surface area contributed by atoms with Crippen molar-refractivity contribution in [2.75, 3.05) is 5.32 Å². The molecule has 0 unspecified atom stereocenters.